The van der Waals surface area contributed by atoms with Gasteiger partial charge in [-0.05, 0) is 70.6 Å². The van der Waals surface area contributed by atoms with Crippen molar-refractivity contribution >= 4 is 43.9 Å². The van der Waals surface area contributed by atoms with Gasteiger partial charge in [0, 0.05) is 38.2 Å². The summed E-state index contributed by atoms with van der Waals surface area (Å²) in [5, 5.41) is -0.750. The van der Waals surface area contributed by atoms with Crippen LogP contribution in [0, 0.1) is 0 Å². The Labute approximate surface area is 306 Å². The van der Waals surface area contributed by atoms with Crippen LogP contribution in [-0.2, 0) is 0 Å². The molecule has 0 bridgehead atoms. The van der Waals surface area contributed by atoms with Crippen LogP contribution in [0.2, 0.25) is 0 Å². The summed E-state index contributed by atoms with van der Waals surface area (Å²) in [6.07, 6.45) is 0. The fraction of sp³-hybridized carbons (Fsp3) is 0. The van der Waals surface area contributed by atoms with Gasteiger partial charge in [-0.1, -0.05) is 115 Å². The first-order chi connectivity index (χ1) is 30.6. The summed E-state index contributed by atoms with van der Waals surface area (Å²) in [7, 11) is 0. The number of fused-ring (bicyclic) bond motifs is 6. The zero-order chi connectivity index (χ0) is 45.2. The van der Waals surface area contributed by atoms with Crippen LogP contribution in [0.5, 0.6) is 0 Å². The molecule has 0 N–H and O–H groups in total. The zero-order valence-corrected chi connectivity index (χ0v) is 25.7. The largest absolute Gasteiger partial charge is 0.456 e. The van der Waals surface area contributed by atoms with Crippen LogP contribution < -0.4 is 0 Å². The zero-order valence-electron chi connectivity index (χ0n) is 39.7. The minimum absolute atomic E-state index is 0.0748. The predicted molar refractivity (Wildman–Crippen MR) is 202 cm³/mol. The molecule has 0 aliphatic heterocycles. The molecule has 3 aromatic heterocycles. The number of furan rings is 2. The van der Waals surface area contributed by atoms with E-state index in [2.05, 4.69) is 4.98 Å². The molecular weight excluding hydrogens is 615 g/mol. The SMILES string of the molecule is [2H]c1c([2H])c([2H])c2c(oc3c([2H])c([2H])c(-c4nc(-c5cccc(-c6cccc(-c7ccccc7)c6)c5)nc(-c5c([2H])c([2H])c([2H])c6oc7c([2H])c([2H])c([2H])c([2H])c7c56)n4)c([2H])c32)c1[2H]. The van der Waals surface area contributed by atoms with Crippen LogP contribution in [-0.4, -0.2) is 15.0 Å². The van der Waals surface area contributed by atoms with Crippen LogP contribution in [0.3, 0.4) is 0 Å². The molecule has 0 fully saturated rings. The molecule has 10 rings (SSSR count). The fourth-order valence-electron chi connectivity index (χ4n) is 6.02. The monoisotopic (exact) mass is 655 g/mol. The first kappa shape index (κ1) is 17.5. The van der Waals surface area contributed by atoms with Gasteiger partial charge >= 0.3 is 0 Å². The molecule has 0 aliphatic rings. The van der Waals surface area contributed by atoms with E-state index in [4.69, 9.17) is 33.9 Å². The van der Waals surface area contributed by atoms with Crippen LogP contribution in [0.15, 0.2) is 172 Å². The van der Waals surface area contributed by atoms with E-state index in [1.54, 1.807) is 18.2 Å². The average Bonchev–Trinajstić information content (AvgIpc) is 3.92. The molecule has 234 valence electrons. The summed E-state index contributed by atoms with van der Waals surface area (Å²) < 4.78 is 134. The predicted octanol–water partition coefficient (Wildman–Crippen LogP) is 12.0. The summed E-state index contributed by atoms with van der Waals surface area (Å²) in [4.78, 5) is 14.2. The van der Waals surface area contributed by atoms with Gasteiger partial charge in [-0.15, -0.1) is 0 Å². The van der Waals surface area contributed by atoms with Crippen molar-refractivity contribution in [1.29, 1.82) is 0 Å². The molecule has 0 atom stereocenters. The minimum Gasteiger partial charge on any atom is -0.456 e. The van der Waals surface area contributed by atoms with Gasteiger partial charge in [0.25, 0.3) is 0 Å². The Hall–Kier alpha value is -6.85. The van der Waals surface area contributed by atoms with E-state index >= 15 is 0 Å². The summed E-state index contributed by atoms with van der Waals surface area (Å²) in [5.41, 5.74) is 1.95. The summed E-state index contributed by atoms with van der Waals surface area (Å²) in [6, 6.07) is 16.6. The van der Waals surface area contributed by atoms with Crippen molar-refractivity contribution in [3.63, 3.8) is 0 Å². The van der Waals surface area contributed by atoms with E-state index in [0.717, 1.165) is 22.3 Å². The molecule has 3 heterocycles. The van der Waals surface area contributed by atoms with Gasteiger partial charge in [0.1, 0.15) is 22.3 Å². The quantitative estimate of drug-likeness (QED) is 0.185. The third-order valence-corrected chi connectivity index (χ3v) is 8.34. The highest BCUT2D eigenvalue weighted by Gasteiger charge is 2.19. The minimum atomic E-state index is -0.642. The van der Waals surface area contributed by atoms with E-state index in [1.165, 1.54) is 0 Å². The smallest absolute Gasteiger partial charge is 0.164 e. The maximum absolute atomic E-state index is 9.50. The van der Waals surface area contributed by atoms with Crippen molar-refractivity contribution in [3.05, 3.63) is 163 Å². The molecule has 7 aromatic carbocycles. The molecule has 50 heavy (non-hydrogen) atoms. The lowest BCUT2D eigenvalue weighted by atomic mass is 9.98. The van der Waals surface area contributed by atoms with Gasteiger partial charge in [0.2, 0.25) is 0 Å². The van der Waals surface area contributed by atoms with Crippen LogP contribution in [0.1, 0.15) is 19.2 Å². The lowest BCUT2D eigenvalue weighted by Gasteiger charge is -2.11. The van der Waals surface area contributed by atoms with E-state index in [-0.39, 0.29) is 72.5 Å². The second-order valence-corrected chi connectivity index (χ2v) is 11.4. The normalized spacial score (nSPS) is 15.5. The maximum atomic E-state index is 9.50. The molecule has 0 spiro atoms. The summed E-state index contributed by atoms with van der Waals surface area (Å²) >= 11 is 0. The molecule has 0 radical (unpaired) electrons. The number of rotatable bonds is 5. The first-order valence-electron chi connectivity index (χ1n) is 22.5. The van der Waals surface area contributed by atoms with E-state index < -0.39 is 84.6 Å². The Kier molecular flexibility index (Phi) is 3.99. The molecule has 0 unspecified atom stereocenters. The molecule has 5 nitrogen and oxygen atoms in total. The summed E-state index contributed by atoms with van der Waals surface area (Å²) in [5.74, 6) is -0.825. The average molecular weight is 656 g/mol. The highest BCUT2D eigenvalue weighted by molar-refractivity contribution is 6.12. The van der Waals surface area contributed by atoms with E-state index in [9.17, 15) is 4.11 Å². The van der Waals surface area contributed by atoms with Gasteiger partial charge in [-0.25, -0.2) is 15.0 Å². The number of hydrogen-bond acceptors (Lipinski definition) is 5. The number of para-hydroxylation sites is 2. The van der Waals surface area contributed by atoms with Crippen LogP contribution in [0.25, 0.3) is 100 Å². The van der Waals surface area contributed by atoms with E-state index in [0.29, 0.717) is 5.56 Å². The first-order valence-corrected chi connectivity index (χ1v) is 15.5. The van der Waals surface area contributed by atoms with Crippen molar-refractivity contribution < 1.29 is 28.0 Å². The van der Waals surface area contributed by atoms with Crippen LogP contribution >= 0.6 is 0 Å². The van der Waals surface area contributed by atoms with Crippen LogP contribution in [0.4, 0.5) is 0 Å². The number of hydrogen-bond donors (Lipinski definition) is 0. The Bertz CT molecular complexity index is 3680. The topological polar surface area (TPSA) is 65.0 Å². The number of nitrogens with zero attached hydrogens (tertiary/aromatic N) is 3. The van der Waals surface area contributed by atoms with Crippen molar-refractivity contribution in [3.8, 4) is 56.4 Å². The second kappa shape index (κ2) is 11.4. The fourth-order valence-corrected chi connectivity index (χ4v) is 6.02. The van der Waals surface area contributed by atoms with E-state index in [1.807, 2.05) is 60.7 Å². The highest BCUT2D eigenvalue weighted by Crippen LogP contribution is 2.38. The van der Waals surface area contributed by atoms with Gasteiger partial charge in [0.05, 0.1) is 19.2 Å². The second-order valence-electron chi connectivity index (χ2n) is 11.4. The Morgan fingerprint density at radius 2 is 0.960 bits per heavy atom. The molecular formula is C45H27N3O2. The van der Waals surface area contributed by atoms with Crippen molar-refractivity contribution in [2.75, 3.05) is 0 Å². The lowest BCUT2D eigenvalue weighted by molar-refractivity contribution is 0.668. The molecule has 0 amide bonds. The van der Waals surface area contributed by atoms with Crippen molar-refractivity contribution in [2.45, 2.75) is 0 Å². The van der Waals surface area contributed by atoms with Crippen molar-refractivity contribution in [2.24, 2.45) is 0 Å². The van der Waals surface area contributed by atoms with Crippen molar-refractivity contribution in [1.82, 2.24) is 15.0 Å². The summed E-state index contributed by atoms with van der Waals surface area (Å²) in [6.45, 7) is 0. The molecule has 5 heteroatoms. The molecule has 10 aromatic rings. The van der Waals surface area contributed by atoms with Gasteiger partial charge in [-0.3, -0.25) is 0 Å². The van der Waals surface area contributed by atoms with Gasteiger partial charge in [0.15, 0.2) is 17.5 Å². The van der Waals surface area contributed by atoms with Gasteiger partial charge in [-0.2, -0.15) is 0 Å². The third-order valence-electron chi connectivity index (χ3n) is 8.34. The number of aromatic nitrogens is 3. The van der Waals surface area contributed by atoms with Gasteiger partial charge < -0.3 is 8.83 Å². The molecule has 0 aliphatic carbocycles. The molecule has 0 saturated heterocycles. The highest BCUT2D eigenvalue weighted by atomic mass is 16.3. The Morgan fingerprint density at radius 1 is 0.400 bits per heavy atom. The lowest BCUT2D eigenvalue weighted by Crippen LogP contribution is -2.00. The Balaban J connectivity index is 1.30. The Morgan fingerprint density at radius 3 is 1.76 bits per heavy atom. The maximum Gasteiger partial charge on any atom is 0.164 e. The molecule has 0 saturated carbocycles. The number of benzene rings is 7. The third kappa shape index (κ3) is 4.75. The standard InChI is InChI=1S/C45H27N3O2/c1-2-11-28(12-3-1)29-13-8-14-30(25-29)31-15-9-16-32(26-31)43-46-44(33-23-24-40-37(27-33)34-17-4-6-20-38(34)49-40)48-45(47-43)36-19-10-22-41-42(36)35-18-5-7-21-39(35)50-41/h1-27H/i4D,5D,6D,7D,10D,17D,18D,19D,20D,21D,22D,23D,24D,27D.